The van der Waals surface area contributed by atoms with Crippen molar-refractivity contribution in [3.05, 3.63) is 42.4 Å². The maximum atomic E-state index is 10.6. The van der Waals surface area contributed by atoms with Gasteiger partial charge >= 0.3 is 5.97 Å². The summed E-state index contributed by atoms with van der Waals surface area (Å²) < 4.78 is 5.12. The van der Waals surface area contributed by atoms with Gasteiger partial charge in [-0.1, -0.05) is 17.8 Å². The number of hydrogen-bond donors (Lipinski definition) is 1. The van der Waals surface area contributed by atoms with Crippen molar-refractivity contribution < 1.29 is 14.6 Å². The fraction of sp³-hybridized carbons (Fsp3) is 0.0833. The van der Waals surface area contributed by atoms with Gasteiger partial charge < -0.3 is 9.84 Å². The molecule has 0 saturated heterocycles. The molecule has 1 aromatic carbocycles. The van der Waals surface area contributed by atoms with E-state index in [1.54, 1.807) is 7.11 Å². The van der Waals surface area contributed by atoms with Crippen molar-refractivity contribution in [3.63, 3.8) is 0 Å². The van der Waals surface area contributed by atoms with Crippen LogP contribution < -0.4 is 4.74 Å². The molecule has 0 fully saturated rings. The number of carboxylic acids is 1. The van der Waals surface area contributed by atoms with Crippen LogP contribution in [-0.4, -0.2) is 28.2 Å². The van der Waals surface area contributed by atoms with E-state index >= 15 is 0 Å². The highest BCUT2D eigenvalue weighted by Gasteiger charge is 2.06. The lowest BCUT2D eigenvalue weighted by molar-refractivity contribution is 0.0689. The molecule has 18 heavy (non-hydrogen) atoms. The fourth-order valence-electron chi connectivity index (χ4n) is 1.26. The van der Waals surface area contributed by atoms with Crippen molar-refractivity contribution in [3.8, 4) is 5.75 Å². The second kappa shape index (κ2) is 5.50. The van der Waals surface area contributed by atoms with Crippen molar-refractivity contribution in [1.82, 2.24) is 9.97 Å². The molecule has 0 atom stereocenters. The van der Waals surface area contributed by atoms with Gasteiger partial charge in [-0.25, -0.2) is 14.8 Å². The summed E-state index contributed by atoms with van der Waals surface area (Å²) in [5.41, 5.74) is -0.0648. The molecule has 1 aromatic heterocycles. The minimum absolute atomic E-state index is 0.0648. The fourth-order valence-corrected chi connectivity index (χ4v) is 2.04. The highest BCUT2D eigenvalue weighted by Crippen LogP contribution is 2.27. The number of hydrogen-bond acceptors (Lipinski definition) is 5. The van der Waals surface area contributed by atoms with Crippen LogP contribution in [0.4, 0.5) is 0 Å². The molecule has 2 rings (SSSR count). The van der Waals surface area contributed by atoms with Gasteiger partial charge in [0.05, 0.1) is 19.5 Å². The molecule has 0 amide bonds. The van der Waals surface area contributed by atoms with Crippen LogP contribution in [0.2, 0.25) is 0 Å². The molecular weight excluding hydrogens is 252 g/mol. The van der Waals surface area contributed by atoms with E-state index in [1.807, 2.05) is 24.3 Å². The highest BCUT2D eigenvalue weighted by atomic mass is 32.2. The van der Waals surface area contributed by atoms with Crippen molar-refractivity contribution in [2.45, 2.75) is 9.92 Å². The van der Waals surface area contributed by atoms with E-state index in [2.05, 4.69) is 9.97 Å². The average molecular weight is 262 g/mol. The maximum absolute atomic E-state index is 10.6. The molecular formula is C12H10N2O3S. The molecule has 0 spiro atoms. The summed E-state index contributed by atoms with van der Waals surface area (Å²) >= 11 is 1.39. The largest absolute Gasteiger partial charge is 0.497 e. The van der Waals surface area contributed by atoms with Gasteiger partial charge in [0, 0.05) is 4.90 Å². The topological polar surface area (TPSA) is 72.3 Å². The summed E-state index contributed by atoms with van der Waals surface area (Å²) in [6.45, 7) is 0. The highest BCUT2D eigenvalue weighted by molar-refractivity contribution is 7.99. The lowest BCUT2D eigenvalue weighted by Gasteiger charge is -2.03. The third-order valence-corrected chi connectivity index (χ3v) is 3.02. The number of rotatable bonds is 4. The Bertz CT molecular complexity index is 558. The molecule has 0 unspecified atom stereocenters. The molecule has 6 heteroatoms. The number of nitrogens with zero attached hydrogens (tertiary/aromatic N) is 2. The lowest BCUT2D eigenvalue weighted by Crippen LogP contribution is -2.00. The molecule has 2 aromatic rings. The SMILES string of the molecule is COc1cccc(Sc2cnc(C(=O)O)cn2)c1. The van der Waals surface area contributed by atoms with Crippen LogP contribution in [0.5, 0.6) is 5.75 Å². The summed E-state index contributed by atoms with van der Waals surface area (Å²) in [5.74, 6) is -0.324. The summed E-state index contributed by atoms with van der Waals surface area (Å²) in [6.07, 6.45) is 2.68. The van der Waals surface area contributed by atoms with Crippen molar-refractivity contribution in [2.75, 3.05) is 7.11 Å². The van der Waals surface area contributed by atoms with Gasteiger partial charge in [0.1, 0.15) is 10.8 Å². The van der Waals surface area contributed by atoms with Crippen molar-refractivity contribution >= 4 is 17.7 Å². The summed E-state index contributed by atoms with van der Waals surface area (Å²) in [6, 6.07) is 7.51. The van der Waals surface area contributed by atoms with Gasteiger partial charge in [-0.2, -0.15) is 0 Å². The number of methoxy groups -OCH3 is 1. The van der Waals surface area contributed by atoms with Gasteiger partial charge in [0.15, 0.2) is 5.69 Å². The quantitative estimate of drug-likeness (QED) is 0.911. The van der Waals surface area contributed by atoms with E-state index in [9.17, 15) is 4.79 Å². The maximum Gasteiger partial charge on any atom is 0.356 e. The van der Waals surface area contributed by atoms with Crippen LogP contribution in [0.3, 0.4) is 0 Å². The normalized spacial score (nSPS) is 10.1. The number of aromatic nitrogens is 2. The van der Waals surface area contributed by atoms with Gasteiger partial charge in [-0.15, -0.1) is 0 Å². The Morgan fingerprint density at radius 1 is 1.33 bits per heavy atom. The minimum Gasteiger partial charge on any atom is -0.497 e. The van der Waals surface area contributed by atoms with E-state index in [0.717, 1.165) is 10.6 Å². The zero-order valence-corrected chi connectivity index (χ0v) is 10.3. The molecule has 0 saturated carbocycles. The van der Waals surface area contributed by atoms with Crippen molar-refractivity contribution in [2.24, 2.45) is 0 Å². The number of benzene rings is 1. The third-order valence-electron chi connectivity index (χ3n) is 2.11. The molecule has 92 valence electrons. The standard InChI is InChI=1S/C12H10N2O3S/c1-17-8-3-2-4-9(5-8)18-11-7-13-10(6-14-11)12(15)16/h2-7H,1H3,(H,15,16). The molecule has 5 nitrogen and oxygen atoms in total. The molecule has 0 aliphatic carbocycles. The Kier molecular flexibility index (Phi) is 3.78. The summed E-state index contributed by atoms with van der Waals surface area (Å²) in [4.78, 5) is 19.4. The smallest absolute Gasteiger partial charge is 0.356 e. The van der Waals surface area contributed by atoms with Crippen LogP contribution in [0.15, 0.2) is 46.6 Å². The van der Waals surface area contributed by atoms with Gasteiger partial charge in [0.2, 0.25) is 0 Å². The minimum atomic E-state index is -1.08. The Balaban J connectivity index is 2.15. The summed E-state index contributed by atoms with van der Waals surface area (Å²) in [7, 11) is 1.60. The Labute approximate surface area is 108 Å². The predicted octanol–water partition coefficient (Wildman–Crippen LogP) is 2.33. The van der Waals surface area contributed by atoms with Crippen LogP contribution in [0.25, 0.3) is 0 Å². The predicted molar refractivity (Wildman–Crippen MR) is 66.1 cm³/mol. The van der Waals surface area contributed by atoms with Gasteiger partial charge in [-0.05, 0) is 18.2 Å². The monoisotopic (exact) mass is 262 g/mol. The first-order chi connectivity index (χ1) is 8.69. The number of ether oxygens (including phenoxy) is 1. The molecule has 0 radical (unpaired) electrons. The number of aromatic carboxylic acids is 1. The number of carbonyl (C=O) groups is 1. The van der Waals surface area contributed by atoms with Crippen LogP contribution in [0, 0.1) is 0 Å². The first-order valence-electron chi connectivity index (χ1n) is 5.06. The molecule has 1 N–H and O–H groups in total. The Hall–Kier alpha value is -2.08. The van der Waals surface area contributed by atoms with Gasteiger partial charge in [0.25, 0.3) is 0 Å². The molecule has 0 aliphatic rings. The van der Waals surface area contributed by atoms with Crippen LogP contribution in [0.1, 0.15) is 10.5 Å². The van der Waals surface area contributed by atoms with E-state index in [4.69, 9.17) is 9.84 Å². The second-order valence-electron chi connectivity index (χ2n) is 3.33. The van der Waals surface area contributed by atoms with E-state index in [0.29, 0.717) is 5.03 Å². The second-order valence-corrected chi connectivity index (χ2v) is 4.42. The zero-order chi connectivity index (χ0) is 13.0. The molecule has 0 bridgehead atoms. The van der Waals surface area contributed by atoms with Gasteiger partial charge in [-0.3, -0.25) is 0 Å². The van der Waals surface area contributed by atoms with E-state index in [1.165, 1.54) is 24.2 Å². The Morgan fingerprint density at radius 2 is 2.17 bits per heavy atom. The Morgan fingerprint density at radius 3 is 2.78 bits per heavy atom. The van der Waals surface area contributed by atoms with Crippen LogP contribution >= 0.6 is 11.8 Å². The average Bonchev–Trinajstić information content (AvgIpc) is 2.39. The summed E-state index contributed by atoms with van der Waals surface area (Å²) in [5, 5.41) is 9.34. The van der Waals surface area contributed by atoms with Crippen molar-refractivity contribution in [1.29, 1.82) is 0 Å². The molecule has 0 aliphatic heterocycles. The molecule has 1 heterocycles. The van der Waals surface area contributed by atoms with E-state index in [-0.39, 0.29) is 5.69 Å². The third kappa shape index (κ3) is 2.98. The lowest BCUT2D eigenvalue weighted by atomic mass is 10.3. The first-order valence-corrected chi connectivity index (χ1v) is 5.88. The van der Waals surface area contributed by atoms with Crippen LogP contribution in [-0.2, 0) is 0 Å². The first kappa shape index (κ1) is 12.4. The van der Waals surface area contributed by atoms with E-state index < -0.39 is 5.97 Å². The zero-order valence-electron chi connectivity index (χ0n) is 9.53. The number of carboxylic acid groups (broad SMARTS) is 1.